The number of methoxy groups -OCH3 is 1. The number of ether oxygens (including phenoxy) is 1. The number of fused-ring (bicyclic) bond motifs is 1. The van der Waals surface area contributed by atoms with Crippen LogP contribution in [0.1, 0.15) is 28.6 Å². The molecule has 0 fully saturated rings. The van der Waals surface area contributed by atoms with Gasteiger partial charge in [0.2, 0.25) is 5.78 Å². The van der Waals surface area contributed by atoms with Crippen molar-refractivity contribution < 1.29 is 28.8 Å². The summed E-state index contributed by atoms with van der Waals surface area (Å²) in [5.41, 5.74) is 0.272. The van der Waals surface area contributed by atoms with Crippen molar-refractivity contribution in [1.82, 2.24) is 14.5 Å². The van der Waals surface area contributed by atoms with Crippen molar-refractivity contribution in [1.29, 1.82) is 0 Å². The van der Waals surface area contributed by atoms with E-state index in [9.17, 15) is 24.8 Å². The first-order valence-corrected chi connectivity index (χ1v) is 11.4. The normalized spacial score (nSPS) is 15.5. The van der Waals surface area contributed by atoms with Gasteiger partial charge < -0.3 is 23.7 Å². The van der Waals surface area contributed by atoms with Crippen molar-refractivity contribution in [2.75, 3.05) is 13.7 Å². The number of hydrogen-bond donors (Lipinski definition) is 1. The number of aromatic nitrogens is 2. The lowest BCUT2D eigenvalue weighted by molar-refractivity contribution is -0.384. The minimum Gasteiger partial charge on any atom is -0.503 e. The average Bonchev–Trinajstić information content (AvgIpc) is 3.63. The molecular weight excluding hydrogens is 480 g/mol. The standard InChI is InChI=1S/C26H22N4O7/c1-36-19-8-3-6-17-14-20(37-25(17)19)23(31)21-22(16-5-2-7-18(13-16)30(34)35)29(26(33)24(21)32)11-4-10-28-12-9-27-15-28/h2-3,5-9,12-15,22,32H,4,10-11H2,1H3. The molecule has 11 nitrogen and oxygen atoms in total. The molecule has 188 valence electrons. The topological polar surface area (TPSA) is 141 Å². The summed E-state index contributed by atoms with van der Waals surface area (Å²) < 4.78 is 12.9. The third kappa shape index (κ3) is 4.31. The fraction of sp³-hybridized carbons (Fsp3) is 0.192. The lowest BCUT2D eigenvalue weighted by Crippen LogP contribution is -2.32. The smallest absolute Gasteiger partial charge is 0.290 e. The van der Waals surface area contributed by atoms with Crippen LogP contribution < -0.4 is 4.74 Å². The predicted molar refractivity (Wildman–Crippen MR) is 131 cm³/mol. The van der Waals surface area contributed by atoms with Gasteiger partial charge in [-0.3, -0.25) is 19.7 Å². The number of non-ortho nitro benzene ring substituents is 1. The molecule has 37 heavy (non-hydrogen) atoms. The van der Waals surface area contributed by atoms with Crippen LogP contribution >= 0.6 is 0 Å². The Morgan fingerprint density at radius 3 is 2.76 bits per heavy atom. The lowest BCUT2D eigenvalue weighted by atomic mass is 9.94. The van der Waals surface area contributed by atoms with Crippen LogP contribution in [0.15, 0.2) is 83.0 Å². The highest BCUT2D eigenvalue weighted by Gasteiger charge is 2.44. The first-order valence-electron chi connectivity index (χ1n) is 11.4. The first kappa shape index (κ1) is 23.8. The van der Waals surface area contributed by atoms with E-state index in [-0.39, 0.29) is 23.6 Å². The lowest BCUT2D eigenvalue weighted by Gasteiger charge is -2.26. The monoisotopic (exact) mass is 502 g/mol. The molecule has 5 rings (SSSR count). The van der Waals surface area contributed by atoms with E-state index in [4.69, 9.17) is 9.15 Å². The second-order valence-corrected chi connectivity index (χ2v) is 8.49. The van der Waals surface area contributed by atoms with Gasteiger partial charge in [0, 0.05) is 43.0 Å². The van der Waals surface area contributed by atoms with E-state index in [1.807, 2.05) is 4.57 Å². The average molecular weight is 502 g/mol. The molecule has 1 unspecified atom stereocenters. The number of furan rings is 1. The van der Waals surface area contributed by atoms with Gasteiger partial charge in [0.1, 0.15) is 0 Å². The quantitative estimate of drug-likeness (QED) is 0.204. The number of aliphatic hydroxyl groups is 1. The number of para-hydroxylation sites is 1. The largest absolute Gasteiger partial charge is 0.503 e. The maximum Gasteiger partial charge on any atom is 0.290 e. The molecule has 1 amide bonds. The fourth-order valence-electron chi connectivity index (χ4n) is 4.56. The van der Waals surface area contributed by atoms with Gasteiger partial charge in [-0.2, -0.15) is 0 Å². The number of rotatable bonds is 9. The molecule has 0 radical (unpaired) electrons. The molecule has 1 aliphatic heterocycles. The van der Waals surface area contributed by atoms with Gasteiger partial charge >= 0.3 is 0 Å². The number of aliphatic hydroxyl groups excluding tert-OH is 1. The summed E-state index contributed by atoms with van der Waals surface area (Å²) in [5, 5.41) is 22.9. The Bertz CT molecular complexity index is 1540. The molecule has 0 spiro atoms. The Labute approximate surface area is 210 Å². The third-order valence-corrected chi connectivity index (χ3v) is 6.27. The summed E-state index contributed by atoms with van der Waals surface area (Å²) >= 11 is 0. The second-order valence-electron chi connectivity index (χ2n) is 8.49. The number of carbonyl (C=O) groups excluding carboxylic acids is 2. The van der Waals surface area contributed by atoms with Crippen molar-refractivity contribution in [3.8, 4) is 5.75 Å². The van der Waals surface area contributed by atoms with Crippen molar-refractivity contribution in [3.63, 3.8) is 0 Å². The van der Waals surface area contributed by atoms with Gasteiger partial charge in [0.15, 0.2) is 22.9 Å². The zero-order valence-corrected chi connectivity index (χ0v) is 19.7. The highest BCUT2D eigenvalue weighted by atomic mass is 16.6. The number of nitro benzene ring substituents is 1. The minimum absolute atomic E-state index is 0.0930. The molecule has 3 heterocycles. The Morgan fingerprint density at radius 1 is 1.22 bits per heavy atom. The van der Waals surface area contributed by atoms with E-state index in [0.29, 0.717) is 35.2 Å². The van der Waals surface area contributed by atoms with E-state index in [1.54, 1.807) is 43.0 Å². The Balaban J connectivity index is 1.54. The zero-order chi connectivity index (χ0) is 26.1. The molecule has 2 aromatic heterocycles. The number of imidazole rings is 1. The summed E-state index contributed by atoms with van der Waals surface area (Å²) in [7, 11) is 1.47. The maximum absolute atomic E-state index is 13.7. The highest BCUT2D eigenvalue weighted by Crippen LogP contribution is 2.41. The number of benzene rings is 2. The van der Waals surface area contributed by atoms with Gasteiger partial charge in [0.25, 0.3) is 11.6 Å². The van der Waals surface area contributed by atoms with Crippen molar-refractivity contribution in [3.05, 3.63) is 100 Å². The van der Waals surface area contributed by atoms with Crippen molar-refractivity contribution in [2.45, 2.75) is 19.0 Å². The van der Waals surface area contributed by atoms with Gasteiger partial charge in [0.05, 0.1) is 30.0 Å². The SMILES string of the molecule is COc1cccc2cc(C(=O)C3=C(O)C(=O)N(CCCn4ccnc4)C3c3cccc([N+](=O)[O-])c3)oc12. The molecular formula is C26H22N4O7. The molecule has 1 atom stereocenters. The Kier molecular flexibility index (Phi) is 6.18. The van der Waals surface area contributed by atoms with E-state index < -0.39 is 28.4 Å². The van der Waals surface area contributed by atoms with Gasteiger partial charge in [-0.25, -0.2) is 4.98 Å². The molecule has 4 aromatic rings. The first-order chi connectivity index (χ1) is 17.9. The number of nitro groups is 1. The number of amides is 1. The van der Waals surface area contributed by atoms with Crippen LogP contribution in [-0.4, -0.2) is 49.8 Å². The van der Waals surface area contributed by atoms with E-state index in [0.717, 1.165) is 0 Å². The molecule has 0 saturated heterocycles. The minimum atomic E-state index is -1.04. The van der Waals surface area contributed by atoms with Crippen LogP contribution in [0.5, 0.6) is 5.75 Å². The summed E-state index contributed by atoms with van der Waals surface area (Å²) in [6.07, 6.45) is 5.55. The number of nitrogens with zero attached hydrogens (tertiary/aromatic N) is 4. The van der Waals surface area contributed by atoms with Gasteiger partial charge in [-0.05, 0) is 24.1 Å². The van der Waals surface area contributed by atoms with E-state index in [1.165, 1.54) is 36.3 Å². The van der Waals surface area contributed by atoms with Crippen molar-refractivity contribution >= 4 is 28.3 Å². The number of Topliss-reactive ketones (excluding diaryl/α,β-unsaturated/α-hetero) is 1. The molecule has 1 N–H and O–H groups in total. The summed E-state index contributed by atoms with van der Waals surface area (Å²) in [6.45, 7) is 0.720. The summed E-state index contributed by atoms with van der Waals surface area (Å²) in [6, 6.07) is 11.3. The fourth-order valence-corrected chi connectivity index (χ4v) is 4.56. The van der Waals surface area contributed by atoms with Crippen LogP contribution in [0.4, 0.5) is 5.69 Å². The molecule has 0 saturated carbocycles. The van der Waals surface area contributed by atoms with Gasteiger partial charge in [-0.1, -0.05) is 24.3 Å². The Morgan fingerprint density at radius 2 is 2.03 bits per heavy atom. The Hall–Kier alpha value is -4.93. The van der Waals surface area contributed by atoms with Crippen LogP contribution in [0.3, 0.4) is 0 Å². The number of carbonyl (C=O) groups is 2. The summed E-state index contributed by atoms with van der Waals surface area (Å²) in [5.74, 6) is -1.81. The van der Waals surface area contributed by atoms with Crippen LogP contribution in [0.2, 0.25) is 0 Å². The van der Waals surface area contributed by atoms with Crippen molar-refractivity contribution in [2.24, 2.45) is 0 Å². The number of aryl methyl sites for hydroxylation is 1. The molecule has 2 aromatic carbocycles. The predicted octanol–water partition coefficient (Wildman–Crippen LogP) is 4.21. The van der Waals surface area contributed by atoms with Crippen LogP contribution in [0, 0.1) is 10.1 Å². The zero-order valence-electron chi connectivity index (χ0n) is 19.7. The second kappa shape index (κ2) is 9.61. The molecule has 1 aliphatic rings. The summed E-state index contributed by atoms with van der Waals surface area (Å²) in [4.78, 5) is 43.1. The molecule has 0 aliphatic carbocycles. The van der Waals surface area contributed by atoms with Crippen LogP contribution in [-0.2, 0) is 11.3 Å². The highest BCUT2D eigenvalue weighted by molar-refractivity contribution is 6.16. The number of ketones is 1. The molecule has 11 heteroatoms. The van der Waals surface area contributed by atoms with Gasteiger partial charge in [-0.15, -0.1) is 0 Å². The van der Waals surface area contributed by atoms with E-state index in [2.05, 4.69) is 4.98 Å². The van der Waals surface area contributed by atoms with Crippen LogP contribution in [0.25, 0.3) is 11.0 Å². The molecule has 0 bridgehead atoms. The third-order valence-electron chi connectivity index (χ3n) is 6.27. The number of hydrogen-bond acceptors (Lipinski definition) is 8. The maximum atomic E-state index is 13.7. The van der Waals surface area contributed by atoms with E-state index >= 15 is 0 Å².